The van der Waals surface area contributed by atoms with E-state index in [1.165, 1.54) is 6.07 Å². The molecule has 0 spiro atoms. The lowest BCUT2D eigenvalue weighted by Gasteiger charge is -2.28. The van der Waals surface area contributed by atoms with Crippen molar-refractivity contribution in [1.82, 2.24) is 29.4 Å². The molecule has 3 aromatic heterocycles. The van der Waals surface area contributed by atoms with E-state index in [2.05, 4.69) is 37.2 Å². The van der Waals surface area contributed by atoms with E-state index in [-0.39, 0.29) is 23.2 Å². The fraction of sp³-hybridized carbons (Fsp3) is 0.407. The molecule has 1 saturated heterocycles. The summed E-state index contributed by atoms with van der Waals surface area (Å²) >= 11 is 0. The van der Waals surface area contributed by atoms with E-state index in [4.69, 9.17) is 4.74 Å². The first kappa shape index (κ1) is 25.0. The first-order chi connectivity index (χ1) is 17.8. The molecule has 194 valence electrons. The van der Waals surface area contributed by atoms with E-state index < -0.39 is 11.6 Å². The Morgan fingerprint density at radius 1 is 1.05 bits per heavy atom. The van der Waals surface area contributed by atoms with Crippen LogP contribution in [0.1, 0.15) is 38.6 Å². The number of aryl methyl sites for hydroxylation is 1. The molecule has 4 heterocycles. The Balaban J connectivity index is 1.33. The number of nitrogens with zero attached hydrogens (tertiary/aromatic N) is 6. The number of benzene rings is 1. The van der Waals surface area contributed by atoms with Crippen molar-refractivity contribution in [3.63, 3.8) is 0 Å². The van der Waals surface area contributed by atoms with E-state index in [0.29, 0.717) is 41.0 Å². The van der Waals surface area contributed by atoms with Crippen LogP contribution in [0.2, 0.25) is 0 Å². The summed E-state index contributed by atoms with van der Waals surface area (Å²) < 4.78 is 37.5. The van der Waals surface area contributed by atoms with E-state index in [1.54, 1.807) is 18.3 Å². The van der Waals surface area contributed by atoms with Gasteiger partial charge in [-0.15, -0.1) is 0 Å². The molecule has 1 aliphatic rings. The lowest BCUT2D eigenvalue weighted by molar-refractivity contribution is 0.160. The Labute approximate surface area is 214 Å². The number of rotatable bonds is 7. The highest BCUT2D eigenvalue weighted by atomic mass is 19.1. The Kier molecular flexibility index (Phi) is 7.01. The molecule has 10 heteroatoms. The maximum absolute atomic E-state index is 14.9. The van der Waals surface area contributed by atoms with Gasteiger partial charge in [0.05, 0.1) is 24.5 Å². The number of fused-ring (bicyclic) bond motifs is 1. The van der Waals surface area contributed by atoms with Crippen LogP contribution in [0.5, 0.6) is 5.75 Å². The molecular formula is C27H31F2N7O. The van der Waals surface area contributed by atoms with Crippen LogP contribution < -0.4 is 10.1 Å². The van der Waals surface area contributed by atoms with E-state index >= 15 is 0 Å². The van der Waals surface area contributed by atoms with Crippen LogP contribution in [0.4, 0.5) is 20.5 Å². The van der Waals surface area contributed by atoms with Crippen LogP contribution in [0.3, 0.4) is 0 Å². The third kappa shape index (κ3) is 5.39. The second-order valence-corrected chi connectivity index (χ2v) is 9.90. The molecule has 1 aliphatic heterocycles. The lowest BCUT2D eigenvalue weighted by atomic mass is 9.98. The third-order valence-corrected chi connectivity index (χ3v) is 6.76. The van der Waals surface area contributed by atoms with Gasteiger partial charge in [0.25, 0.3) is 0 Å². The van der Waals surface area contributed by atoms with Gasteiger partial charge in [-0.25, -0.2) is 28.7 Å². The maximum Gasteiger partial charge on any atom is 0.229 e. The molecule has 0 saturated carbocycles. The van der Waals surface area contributed by atoms with Crippen molar-refractivity contribution < 1.29 is 13.5 Å². The Bertz CT molecular complexity index is 1400. The first-order valence-electron chi connectivity index (χ1n) is 12.5. The largest absolute Gasteiger partial charge is 0.492 e. The Morgan fingerprint density at radius 2 is 1.84 bits per heavy atom. The van der Waals surface area contributed by atoms with E-state index in [9.17, 15) is 8.78 Å². The van der Waals surface area contributed by atoms with Gasteiger partial charge in [0.15, 0.2) is 11.6 Å². The summed E-state index contributed by atoms with van der Waals surface area (Å²) in [4.78, 5) is 19.4. The molecule has 5 rings (SSSR count). The monoisotopic (exact) mass is 507 g/mol. The van der Waals surface area contributed by atoms with Crippen LogP contribution in [0, 0.1) is 24.5 Å². The number of piperidine rings is 1. The Morgan fingerprint density at radius 3 is 2.54 bits per heavy atom. The summed E-state index contributed by atoms with van der Waals surface area (Å²) in [5.41, 5.74) is 1.14. The summed E-state index contributed by atoms with van der Waals surface area (Å²) in [6.45, 7) is 8.66. The topological polar surface area (TPSA) is 81.0 Å². The van der Waals surface area contributed by atoms with Crippen LogP contribution in [0.15, 0.2) is 36.7 Å². The predicted molar refractivity (Wildman–Crippen MR) is 139 cm³/mol. The molecule has 4 aromatic rings. The van der Waals surface area contributed by atoms with Gasteiger partial charge >= 0.3 is 0 Å². The minimum absolute atomic E-state index is 0.00876. The fourth-order valence-corrected chi connectivity index (χ4v) is 4.78. The van der Waals surface area contributed by atoms with Crippen molar-refractivity contribution in [3.05, 3.63) is 54.1 Å². The van der Waals surface area contributed by atoms with Crippen molar-refractivity contribution in [2.45, 2.75) is 39.7 Å². The predicted octanol–water partition coefficient (Wildman–Crippen LogP) is 5.52. The number of imidazole rings is 1. The van der Waals surface area contributed by atoms with Gasteiger partial charge in [-0.3, -0.25) is 0 Å². The van der Waals surface area contributed by atoms with Crippen molar-refractivity contribution in [2.75, 3.05) is 32.1 Å². The smallest absolute Gasteiger partial charge is 0.229 e. The minimum Gasteiger partial charge on any atom is -0.492 e. The molecule has 1 N–H and O–H groups in total. The maximum atomic E-state index is 14.9. The number of likely N-dealkylation sites (tertiary alicyclic amines) is 1. The lowest BCUT2D eigenvalue weighted by Crippen LogP contribution is -2.32. The molecule has 1 fully saturated rings. The average Bonchev–Trinajstić information content (AvgIpc) is 3.22. The molecule has 8 nitrogen and oxygen atoms in total. The molecular weight excluding hydrogens is 476 g/mol. The van der Waals surface area contributed by atoms with Gasteiger partial charge in [-0.05, 0) is 83.9 Å². The Hall–Kier alpha value is -3.66. The molecule has 0 aliphatic carbocycles. The molecule has 1 aromatic carbocycles. The van der Waals surface area contributed by atoms with Crippen LogP contribution in [0.25, 0.3) is 22.3 Å². The number of aromatic nitrogens is 5. The van der Waals surface area contributed by atoms with E-state index in [1.807, 2.05) is 31.4 Å². The third-order valence-electron chi connectivity index (χ3n) is 6.76. The second kappa shape index (κ2) is 10.4. The molecule has 0 amide bonds. The van der Waals surface area contributed by atoms with Crippen molar-refractivity contribution in [1.29, 1.82) is 0 Å². The van der Waals surface area contributed by atoms with Gasteiger partial charge in [-0.1, -0.05) is 0 Å². The number of hydrogen-bond acceptors (Lipinski definition) is 7. The van der Waals surface area contributed by atoms with Crippen molar-refractivity contribution >= 4 is 22.8 Å². The number of ether oxygens (including phenoxy) is 1. The normalized spacial score (nSPS) is 15.0. The average molecular weight is 508 g/mol. The molecule has 0 bridgehead atoms. The van der Waals surface area contributed by atoms with Crippen LogP contribution >= 0.6 is 0 Å². The first-order valence-corrected chi connectivity index (χ1v) is 12.5. The summed E-state index contributed by atoms with van der Waals surface area (Å²) in [5.74, 6) is 1.38. The van der Waals surface area contributed by atoms with Gasteiger partial charge in [0.1, 0.15) is 28.6 Å². The zero-order chi connectivity index (χ0) is 26.1. The van der Waals surface area contributed by atoms with Crippen LogP contribution in [-0.4, -0.2) is 56.1 Å². The summed E-state index contributed by atoms with van der Waals surface area (Å²) in [5, 5.41) is 2.99. The summed E-state index contributed by atoms with van der Waals surface area (Å²) in [7, 11) is 2.14. The quantitative estimate of drug-likeness (QED) is 0.353. The highest BCUT2D eigenvalue weighted by Gasteiger charge is 2.19. The molecule has 0 unspecified atom stereocenters. The van der Waals surface area contributed by atoms with Gasteiger partial charge in [-0.2, -0.15) is 0 Å². The number of anilines is 2. The SMILES string of the molecule is Cc1nc2c(F)cc(-c3nc(Nc4ccc(OCC5CCN(C)CC5)cn4)ncc3F)cc2n1C(C)C. The minimum atomic E-state index is -0.651. The number of hydrogen-bond donors (Lipinski definition) is 1. The van der Waals surface area contributed by atoms with Gasteiger partial charge in [0, 0.05) is 11.6 Å². The highest BCUT2D eigenvalue weighted by molar-refractivity contribution is 5.83. The van der Waals surface area contributed by atoms with Gasteiger partial charge < -0.3 is 19.5 Å². The van der Waals surface area contributed by atoms with Crippen LogP contribution in [-0.2, 0) is 0 Å². The molecule has 0 radical (unpaired) electrons. The fourth-order valence-electron chi connectivity index (χ4n) is 4.78. The zero-order valence-corrected chi connectivity index (χ0v) is 21.5. The number of halogens is 2. The number of pyridine rings is 1. The van der Waals surface area contributed by atoms with Gasteiger partial charge in [0.2, 0.25) is 5.95 Å². The number of nitrogens with one attached hydrogen (secondary N) is 1. The highest BCUT2D eigenvalue weighted by Crippen LogP contribution is 2.30. The second-order valence-electron chi connectivity index (χ2n) is 9.90. The molecule has 37 heavy (non-hydrogen) atoms. The zero-order valence-electron chi connectivity index (χ0n) is 21.5. The van der Waals surface area contributed by atoms with Crippen molar-refractivity contribution in [2.24, 2.45) is 5.92 Å². The van der Waals surface area contributed by atoms with E-state index in [0.717, 1.165) is 32.1 Å². The molecule has 0 atom stereocenters. The standard InChI is InChI=1S/C27H31F2N7O/c1-16(2)36-17(3)32-26-21(28)11-19(12-23(26)36)25-22(29)14-31-27(34-25)33-24-6-5-20(13-30-24)37-15-18-7-9-35(4)10-8-18/h5-6,11-14,16,18H,7-10,15H2,1-4H3,(H,30,31,33,34). The summed E-state index contributed by atoms with van der Waals surface area (Å²) in [6, 6.07) is 6.61. The summed E-state index contributed by atoms with van der Waals surface area (Å²) in [6.07, 6.45) is 4.96. The van der Waals surface area contributed by atoms with Crippen molar-refractivity contribution in [3.8, 4) is 17.0 Å².